The fourth-order valence-corrected chi connectivity index (χ4v) is 4.55. The van der Waals surface area contributed by atoms with Gasteiger partial charge in [0, 0.05) is 50.7 Å². The number of nitrogens with one attached hydrogen (secondary N) is 1. The molecule has 2 aliphatic rings. The van der Waals surface area contributed by atoms with Crippen molar-refractivity contribution in [1.29, 1.82) is 5.41 Å². The lowest BCUT2D eigenvalue weighted by molar-refractivity contribution is -0.136. The van der Waals surface area contributed by atoms with Crippen LogP contribution in [0.4, 0.5) is 5.69 Å². The summed E-state index contributed by atoms with van der Waals surface area (Å²) >= 11 is 0. The number of hydrogen-bond acceptors (Lipinski definition) is 5. The Morgan fingerprint density at radius 2 is 1.94 bits per heavy atom. The number of benzene rings is 1. The monoisotopic (exact) mass is 509 g/mol. The molecule has 186 valence electrons. The minimum absolute atomic E-state index is 0. The molecule has 0 radical (unpaired) electrons. The van der Waals surface area contributed by atoms with Crippen molar-refractivity contribution in [2.75, 3.05) is 31.1 Å². The van der Waals surface area contributed by atoms with Crippen LogP contribution in [-0.2, 0) is 24.2 Å². The summed E-state index contributed by atoms with van der Waals surface area (Å²) in [6, 6.07) is 8.26. The van der Waals surface area contributed by atoms with Gasteiger partial charge in [-0.15, -0.1) is 24.8 Å². The molecule has 2 aromatic rings. The highest BCUT2D eigenvalue weighted by atomic mass is 35.5. The number of aliphatic carboxylic acids is 1. The average Bonchev–Trinajstić information content (AvgIpc) is 2.81. The first-order chi connectivity index (χ1) is 15.5. The van der Waals surface area contributed by atoms with Crippen molar-refractivity contribution >= 4 is 42.4 Å². The van der Waals surface area contributed by atoms with Crippen molar-refractivity contribution < 1.29 is 14.6 Å². The highest BCUT2D eigenvalue weighted by molar-refractivity contribution is 5.85. The lowest BCUT2D eigenvalue weighted by Gasteiger charge is -2.34. The number of pyridine rings is 1. The number of carbonyl (C=O) groups is 1. The third kappa shape index (κ3) is 6.90. The van der Waals surface area contributed by atoms with Gasteiger partial charge in [0.2, 0.25) is 0 Å². The smallest absolute Gasteiger partial charge is 0.303 e. The summed E-state index contributed by atoms with van der Waals surface area (Å²) in [5.74, 6) is 0.697. The van der Waals surface area contributed by atoms with E-state index in [0.717, 1.165) is 55.9 Å². The first-order valence-corrected chi connectivity index (χ1v) is 11.2. The summed E-state index contributed by atoms with van der Waals surface area (Å²) in [6.07, 6.45) is 7.15. The zero-order valence-corrected chi connectivity index (χ0v) is 20.7. The number of ether oxygens (including phenoxy) is 1. The van der Waals surface area contributed by atoms with Crippen LogP contribution < -0.4 is 15.4 Å². The molecule has 8 nitrogen and oxygen atoms in total. The predicted octanol–water partition coefficient (Wildman–Crippen LogP) is 3.49. The van der Waals surface area contributed by atoms with Gasteiger partial charge in [-0.1, -0.05) is 6.07 Å². The lowest BCUT2D eigenvalue weighted by Crippen LogP contribution is -2.40. The van der Waals surface area contributed by atoms with Gasteiger partial charge < -0.3 is 25.4 Å². The first-order valence-electron chi connectivity index (χ1n) is 11.2. The van der Waals surface area contributed by atoms with Crippen LogP contribution in [0.25, 0.3) is 0 Å². The van der Waals surface area contributed by atoms with Gasteiger partial charge in [-0.3, -0.25) is 15.2 Å². The number of guanidine groups is 1. The van der Waals surface area contributed by atoms with E-state index in [1.165, 1.54) is 11.1 Å². The summed E-state index contributed by atoms with van der Waals surface area (Å²) in [5, 5.41) is 16.7. The van der Waals surface area contributed by atoms with Crippen LogP contribution in [-0.4, -0.2) is 53.2 Å². The van der Waals surface area contributed by atoms with Gasteiger partial charge in [-0.2, -0.15) is 0 Å². The zero-order chi connectivity index (χ0) is 22.5. The Morgan fingerprint density at radius 1 is 1.18 bits per heavy atom. The first kappa shape index (κ1) is 27.5. The lowest BCUT2D eigenvalue weighted by atomic mass is 9.96. The molecule has 34 heavy (non-hydrogen) atoms. The molecule has 4 N–H and O–H groups in total. The molecule has 0 saturated carbocycles. The van der Waals surface area contributed by atoms with Gasteiger partial charge in [0.15, 0.2) is 5.96 Å². The number of aryl methyl sites for hydroxylation is 1. The van der Waals surface area contributed by atoms with Crippen LogP contribution in [0.3, 0.4) is 0 Å². The molecule has 0 amide bonds. The van der Waals surface area contributed by atoms with Gasteiger partial charge in [-0.05, 0) is 66.5 Å². The van der Waals surface area contributed by atoms with Crippen molar-refractivity contribution in [2.24, 2.45) is 11.7 Å². The molecule has 0 aliphatic carbocycles. The molecule has 0 bridgehead atoms. The Balaban J connectivity index is 0.00000204. The minimum atomic E-state index is -0.785. The van der Waals surface area contributed by atoms with E-state index >= 15 is 0 Å². The van der Waals surface area contributed by atoms with Crippen LogP contribution in [0.5, 0.6) is 5.75 Å². The Labute approximate surface area is 212 Å². The van der Waals surface area contributed by atoms with E-state index in [9.17, 15) is 4.79 Å². The van der Waals surface area contributed by atoms with E-state index in [1.807, 2.05) is 17.0 Å². The van der Waals surface area contributed by atoms with Crippen LogP contribution in [0.2, 0.25) is 0 Å². The SMILES string of the molecule is Cl.Cl.N=C(N)N1CCc2ccc(OCC3CCN(c4ccncc4CCC(=O)O)CC3)cc2C1. The van der Waals surface area contributed by atoms with E-state index in [4.69, 9.17) is 21.0 Å². The highest BCUT2D eigenvalue weighted by Crippen LogP contribution is 2.28. The normalized spacial score (nSPS) is 15.5. The topological polar surface area (TPSA) is 116 Å². The number of rotatable bonds is 7. The average molecular weight is 510 g/mol. The second-order valence-electron chi connectivity index (χ2n) is 8.63. The minimum Gasteiger partial charge on any atom is -0.493 e. The molecule has 0 unspecified atom stereocenters. The maximum atomic E-state index is 11.0. The maximum absolute atomic E-state index is 11.0. The maximum Gasteiger partial charge on any atom is 0.303 e. The number of carboxylic acids is 1. The predicted molar refractivity (Wildman–Crippen MR) is 138 cm³/mol. The molecule has 10 heteroatoms. The van der Waals surface area contributed by atoms with Crippen LogP contribution in [0, 0.1) is 11.3 Å². The van der Waals surface area contributed by atoms with E-state index < -0.39 is 5.97 Å². The van der Waals surface area contributed by atoms with Crippen molar-refractivity contribution in [3.63, 3.8) is 0 Å². The number of halogens is 2. The molecule has 1 fully saturated rings. The highest BCUT2D eigenvalue weighted by Gasteiger charge is 2.22. The second-order valence-corrected chi connectivity index (χ2v) is 8.63. The van der Waals surface area contributed by atoms with Crippen LogP contribution in [0.15, 0.2) is 36.7 Å². The number of aromatic nitrogens is 1. The third-order valence-electron chi connectivity index (χ3n) is 6.46. The van der Waals surface area contributed by atoms with E-state index in [2.05, 4.69) is 22.0 Å². The largest absolute Gasteiger partial charge is 0.493 e. The van der Waals surface area contributed by atoms with Gasteiger partial charge >= 0.3 is 5.97 Å². The molecule has 0 spiro atoms. The fraction of sp³-hybridized carbons (Fsp3) is 0.458. The van der Waals surface area contributed by atoms with Gasteiger partial charge in [0.25, 0.3) is 0 Å². The quantitative estimate of drug-likeness (QED) is 0.386. The molecule has 4 rings (SSSR count). The molecule has 1 saturated heterocycles. The van der Waals surface area contributed by atoms with Crippen molar-refractivity contribution in [1.82, 2.24) is 9.88 Å². The standard InChI is InChI=1S/C24H31N5O3.2ClH/c25-24(26)29-12-8-18-1-3-21(13-20(18)15-29)32-16-17-6-10-28(11-7-17)22-5-9-27-14-19(22)2-4-23(30)31;;/h1,3,5,9,13-14,17H,2,4,6-8,10-12,15-16H2,(H3,25,26)(H,30,31);2*1H. The summed E-state index contributed by atoms with van der Waals surface area (Å²) in [7, 11) is 0. The number of nitrogens with zero attached hydrogens (tertiary/aromatic N) is 3. The number of nitrogens with two attached hydrogens (primary N) is 1. The Hall–Kier alpha value is -2.71. The number of fused-ring (bicyclic) bond motifs is 1. The van der Waals surface area contributed by atoms with Crippen LogP contribution >= 0.6 is 24.8 Å². The third-order valence-corrected chi connectivity index (χ3v) is 6.46. The summed E-state index contributed by atoms with van der Waals surface area (Å²) in [5.41, 5.74) is 10.2. The molecule has 0 atom stereocenters. The molecule has 1 aromatic carbocycles. The molecular formula is C24H33Cl2N5O3. The fourth-order valence-electron chi connectivity index (χ4n) is 4.55. The Kier molecular flexibility index (Phi) is 10.3. The van der Waals surface area contributed by atoms with Crippen LogP contribution in [0.1, 0.15) is 36.0 Å². The molecule has 1 aromatic heterocycles. The Morgan fingerprint density at radius 3 is 2.65 bits per heavy atom. The van der Waals surface area contributed by atoms with Crippen molar-refractivity contribution in [2.45, 2.75) is 38.6 Å². The summed E-state index contributed by atoms with van der Waals surface area (Å²) < 4.78 is 6.14. The molecule has 3 heterocycles. The van der Waals surface area contributed by atoms with E-state index in [1.54, 1.807) is 12.4 Å². The van der Waals surface area contributed by atoms with Gasteiger partial charge in [-0.25, -0.2) is 0 Å². The van der Waals surface area contributed by atoms with Crippen molar-refractivity contribution in [3.05, 3.63) is 53.3 Å². The van der Waals surface area contributed by atoms with Gasteiger partial charge in [0.05, 0.1) is 6.61 Å². The molecule has 2 aliphatic heterocycles. The van der Waals surface area contributed by atoms with E-state index in [-0.39, 0.29) is 37.2 Å². The number of piperidine rings is 1. The molecular weight excluding hydrogens is 477 g/mol. The Bertz CT molecular complexity index is 983. The number of carboxylic acid groups (broad SMARTS) is 1. The van der Waals surface area contributed by atoms with Crippen molar-refractivity contribution in [3.8, 4) is 5.75 Å². The zero-order valence-electron chi connectivity index (χ0n) is 19.1. The summed E-state index contributed by atoms with van der Waals surface area (Å²) in [4.78, 5) is 19.4. The van der Waals surface area contributed by atoms with Gasteiger partial charge in [0.1, 0.15) is 5.75 Å². The summed E-state index contributed by atoms with van der Waals surface area (Å²) in [6.45, 7) is 3.99. The second kappa shape index (κ2) is 12.7. The van der Waals surface area contributed by atoms with E-state index in [0.29, 0.717) is 25.5 Å². The number of hydrogen-bond donors (Lipinski definition) is 3. The number of anilines is 1.